The number of aliphatic imine (C=N–C) groups is 1. The number of aliphatic hydroxyl groups is 1. The zero-order valence-corrected chi connectivity index (χ0v) is 13.0. The first kappa shape index (κ1) is 14.5. The van der Waals surface area contributed by atoms with Gasteiger partial charge in [0.15, 0.2) is 6.29 Å². The van der Waals surface area contributed by atoms with E-state index in [0.717, 1.165) is 35.2 Å². The van der Waals surface area contributed by atoms with Crippen molar-refractivity contribution in [3.8, 4) is 0 Å². The predicted molar refractivity (Wildman–Crippen MR) is 83.0 cm³/mol. The highest BCUT2D eigenvalue weighted by atomic mass is 32.2. The molecule has 2 unspecified atom stereocenters. The third-order valence-corrected chi connectivity index (χ3v) is 5.71. The Labute approximate surface area is 127 Å². The standard InChI is InChI=1S/C12H20N4O2S2/c1-2-3-7(17)11-18-9(5-19-11)16-6-20-8-4-14-12(13)15-10(8)16/h4,7,9,11-12,15,17H,2-3,5-6,13H2,1H3/t7?,9-,11+,12?/m1/s1. The molecule has 6 nitrogen and oxygen atoms in total. The largest absolute Gasteiger partial charge is 0.390 e. The number of allylic oxidation sites excluding steroid dienone is 1. The van der Waals surface area contributed by atoms with Crippen LogP contribution in [0, 0.1) is 0 Å². The fraction of sp³-hybridized carbons (Fsp3) is 0.750. The van der Waals surface area contributed by atoms with Gasteiger partial charge < -0.3 is 20.1 Å². The van der Waals surface area contributed by atoms with Crippen LogP contribution in [-0.2, 0) is 4.74 Å². The Bertz CT molecular complexity index is 432. The molecule has 0 saturated carbocycles. The Kier molecular flexibility index (Phi) is 4.46. The summed E-state index contributed by atoms with van der Waals surface area (Å²) in [6.07, 6.45) is 2.79. The molecule has 0 amide bonds. The summed E-state index contributed by atoms with van der Waals surface area (Å²) in [5.74, 6) is 2.70. The maximum Gasteiger partial charge on any atom is 0.172 e. The molecule has 3 rings (SSSR count). The van der Waals surface area contributed by atoms with Crippen molar-refractivity contribution in [2.24, 2.45) is 10.7 Å². The summed E-state index contributed by atoms with van der Waals surface area (Å²) < 4.78 is 6.01. The molecule has 3 heterocycles. The van der Waals surface area contributed by atoms with E-state index in [1.807, 2.05) is 6.21 Å². The van der Waals surface area contributed by atoms with Gasteiger partial charge in [-0.3, -0.25) is 10.7 Å². The van der Waals surface area contributed by atoms with E-state index in [1.54, 1.807) is 23.5 Å². The van der Waals surface area contributed by atoms with Crippen LogP contribution in [0.1, 0.15) is 19.8 Å². The lowest BCUT2D eigenvalue weighted by atomic mass is 10.2. The number of nitrogens with one attached hydrogen (secondary N) is 1. The molecule has 0 aliphatic carbocycles. The molecular weight excluding hydrogens is 296 g/mol. The minimum absolute atomic E-state index is 0.0114. The van der Waals surface area contributed by atoms with Crippen LogP contribution in [0.5, 0.6) is 0 Å². The summed E-state index contributed by atoms with van der Waals surface area (Å²) in [5.41, 5.74) is 5.68. The number of nitrogens with two attached hydrogens (primary N) is 1. The lowest BCUT2D eigenvalue weighted by Gasteiger charge is -2.30. The number of hydrogen-bond acceptors (Lipinski definition) is 8. The fourth-order valence-corrected chi connectivity index (χ4v) is 4.63. The summed E-state index contributed by atoms with van der Waals surface area (Å²) >= 11 is 3.42. The van der Waals surface area contributed by atoms with Crippen molar-refractivity contribution in [3.63, 3.8) is 0 Å². The highest BCUT2D eigenvalue weighted by molar-refractivity contribution is 8.04. The van der Waals surface area contributed by atoms with Gasteiger partial charge in [-0.1, -0.05) is 25.1 Å². The van der Waals surface area contributed by atoms with Gasteiger partial charge in [0.1, 0.15) is 17.5 Å². The molecule has 0 spiro atoms. The van der Waals surface area contributed by atoms with E-state index in [-0.39, 0.29) is 24.1 Å². The second-order valence-corrected chi connectivity index (χ2v) is 7.09. The van der Waals surface area contributed by atoms with E-state index in [9.17, 15) is 5.11 Å². The molecule has 8 heteroatoms. The number of rotatable bonds is 4. The van der Waals surface area contributed by atoms with Crippen LogP contribution in [0.25, 0.3) is 0 Å². The summed E-state index contributed by atoms with van der Waals surface area (Å²) in [5, 5.41) is 13.2. The summed E-state index contributed by atoms with van der Waals surface area (Å²) in [7, 11) is 0. The number of hydrogen-bond donors (Lipinski definition) is 3. The van der Waals surface area contributed by atoms with Gasteiger partial charge in [-0.05, 0) is 6.42 Å². The zero-order chi connectivity index (χ0) is 14.1. The van der Waals surface area contributed by atoms with Crippen molar-refractivity contribution in [2.75, 3.05) is 11.6 Å². The lowest BCUT2D eigenvalue weighted by molar-refractivity contribution is -0.0634. The van der Waals surface area contributed by atoms with E-state index in [0.29, 0.717) is 0 Å². The fourth-order valence-electron chi connectivity index (χ4n) is 2.43. The van der Waals surface area contributed by atoms with Gasteiger partial charge in [-0.25, -0.2) is 0 Å². The van der Waals surface area contributed by atoms with E-state index >= 15 is 0 Å². The molecule has 0 radical (unpaired) electrons. The smallest absolute Gasteiger partial charge is 0.172 e. The highest BCUT2D eigenvalue weighted by Gasteiger charge is 2.38. The number of aliphatic hydroxyl groups excluding tert-OH is 1. The van der Waals surface area contributed by atoms with Crippen molar-refractivity contribution >= 4 is 29.7 Å². The van der Waals surface area contributed by atoms with Crippen molar-refractivity contribution < 1.29 is 9.84 Å². The predicted octanol–water partition coefficient (Wildman–Crippen LogP) is 0.655. The first-order valence-corrected chi connectivity index (χ1v) is 8.86. The highest BCUT2D eigenvalue weighted by Crippen LogP contribution is 2.38. The maximum absolute atomic E-state index is 10.0. The van der Waals surface area contributed by atoms with Crippen molar-refractivity contribution in [2.45, 2.75) is 43.8 Å². The van der Waals surface area contributed by atoms with Crippen LogP contribution in [0.4, 0.5) is 0 Å². The minimum atomic E-state index is -0.387. The normalized spacial score (nSPS) is 34.4. The SMILES string of the molecule is CCCC(O)[C@H]1O[C@@H](N2CSC3=C2NC(N)N=C3)CS1. The molecule has 0 aromatic heterocycles. The molecule has 1 fully saturated rings. The van der Waals surface area contributed by atoms with E-state index in [1.165, 1.54) is 0 Å². The Morgan fingerprint density at radius 3 is 3.35 bits per heavy atom. The lowest BCUT2D eigenvalue weighted by Crippen LogP contribution is -2.46. The van der Waals surface area contributed by atoms with Gasteiger partial charge in [0.2, 0.25) is 0 Å². The molecule has 1 saturated heterocycles. The van der Waals surface area contributed by atoms with Crippen molar-refractivity contribution in [1.82, 2.24) is 10.2 Å². The van der Waals surface area contributed by atoms with Crippen LogP contribution in [-0.4, -0.2) is 51.9 Å². The molecule has 0 aromatic carbocycles. The summed E-state index contributed by atoms with van der Waals surface area (Å²) in [6, 6.07) is 0. The first-order valence-electron chi connectivity index (χ1n) is 6.83. The van der Waals surface area contributed by atoms with Crippen LogP contribution in [0.15, 0.2) is 15.7 Å². The van der Waals surface area contributed by atoms with E-state index < -0.39 is 0 Å². The third kappa shape index (κ3) is 2.80. The van der Waals surface area contributed by atoms with Gasteiger partial charge >= 0.3 is 0 Å². The molecule has 0 aromatic rings. The number of thioether (sulfide) groups is 2. The second-order valence-electron chi connectivity index (χ2n) is 4.97. The summed E-state index contributed by atoms with van der Waals surface area (Å²) in [6.45, 7) is 2.07. The Balaban J connectivity index is 1.64. The Morgan fingerprint density at radius 2 is 2.55 bits per heavy atom. The van der Waals surface area contributed by atoms with Gasteiger partial charge in [0.05, 0.1) is 16.9 Å². The van der Waals surface area contributed by atoms with E-state index in [4.69, 9.17) is 10.5 Å². The van der Waals surface area contributed by atoms with Crippen LogP contribution in [0.2, 0.25) is 0 Å². The molecule has 112 valence electrons. The Morgan fingerprint density at radius 1 is 1.70 bits per heavy atom. The van der Waals surface area contributed by atoms with Crippen LogP contribution in [0.3, 0.4) is 0 Å². The van der Waals surface area contributed by atoms with Gasteiger partial charge in [0, 0.05) is 12.0 Å². The molecular formula is C12H20N4O2S2. The number of nitrogens with zero attached hydrogens (tertiary/aromatic N) is 2. The third-order valence-electron chi connectivity index (χ3n) is 3.46. The molecule has 3 aliphatic heterocycles. The van der Waals surface area contributed by atoms with Crippen LogP contribution < -0.4 is 11.1 Å². The summed E-state index contributed by atoms with van der Waals surface area (Å²) in [4.78, 5) is 7.44. The van der Waals surface area contributed by atoms with Crippen molar-refractivity contribution in [3.05, 3.63) is 10.7 Å². The average molecular weight is 316 g/mol. The van der Waals surface area contributed by atoms with Gasteiger partial charge in [-0.15, -0.1) is 11.8 Å². The maximum atomic E-state index is 10.0. The van der Waals surface area contributed by atoms with Crippen molar-refractivity contribution in [1.29, 1.82) is 0 Å². The molecule has 3 aliphatic rings. The monoisotopic (exact) mass is 316 g/mol. The van der Waals surface area contributed by atoms with Crippen LogP contribution >= 0.6 is 23.5 Å². The average Bonchev–Trinajstić information content (AvgIpc) is 3.04. The second kappa shape index (κ2) is 6.15. The molecule has 4 atom stereocenters. The zero-order valence-electron chi connectivity index (χ0n) is 11.4. The van der Waals surface area contributed by atoms with Gasteiger partial charge in [-0.2, -0.15) is 0 Å². The quantitative estimate of drug-likeness (QED) is 0.702. The topological polar surface area (TPSA) is 83.1 Å². The molecule has 4 N–H and O–H groups in total. The van der Waals surface area contributed by atoms with E-state index in [2.05, 4.69) is 22.1 Å². The number of ether oxygens (including phenoxy) is 1. The first-order chi connectivity index (χ1) is 9.69. The Hall–Kier alpha value is -0.410. The van der Waals surface area contributed by atoms with Gasteiger partial charge in [0.25, 0.3) is 0 Å². The molecule has 20 heavy (non-hydrogen) atoms. The molecule has 0 bridgehead atoms. The minimum Gasteiger partial charge on any atom is -0.390 e.